The molecule has 6 rings (SSSR count). The standard InChI is InChI=1S/C30H20Cl2N4O2/c1-2-12-35-24-9-4-3-8-22(24)30(29(35)38)23(18-33)28(34-13-5-6-14-34)36(21-16-19(31)15-20(32)17-21)25-10-7-11-26(37)27(25)30/h1,3-6,8-9,13-17H,7,10-12H2. The highest BCUT2D eigenvalue weighted by Gasteiger charge is 2.62. The number of anilines is 2. The van der Waals surface area contributed by atoms with Crippen molar-refractivity contribution < 1.29 is 9.59 Å². The number of ketones is 1. The first-order valence-electron chi connectivity index (χ1n) is 12.1. The molecule has 2 aromatic carbocycles. The molecule has 0 N–H and O–H groups in total. The lowest BCUT2D eigenvalue weighted by molar-refractivity contribution is -0.124. The third-order valence-electron chi connectivity index (χ3n) is 7.32. The molecule has 1 aromatic heterocycles. The lowest BCUT2D eigenvalue weighted by Gasteiger charge is -2.45. The van der Waals surface area contributed by atoms with E-state index in [0.29, 0.717) is 56.9 Å². The van der Waals surface area contributed by atoms with Crippen LogP contribution in [0.3, 0.4) is 0 Å². The van der Waals surface area contributed by atoms with Gasteiger partial charge >= 0.3 is 0 Å². The maximum absolute atomic E-state index is 14.6. The summed E-state index contributed by atoms with van der Waals surface area (Å²) in [7, 11) is 0. The SMILES string of the molecule is C#CCN1C(=O)C2(C(C#N)=C(n3cccc3)N(c3cc(Cl)cc(Cl)c3)C3=C2C(=O)CCC3)c2ccccc21. The molecule has 0 radical (unpaired) electrons. The minimum Gasteiger partial charge on any atom is -0.309 e. The summed E-state index contributed by atoms with van der Waals surface area (Å²) >= 11 is 12.8. The lowest BCUT2D eigenvalue weighted by Crippen LogP contribution is -2.51. The summed E-state index contributed by atoms with van der Waals surface area (Å²) in [5, 5.41) is 11.7. The Kier molecular flexibility index (Phi) is 5.69. The summed E-state index contributed by atoms with van der Waals surface area (Å²) in [5.74, 6) is 2.43. The van der Waals surface area contributed by atoms with Gasteiger partial charge in [0.2, 0.25) is 5.91 Å². The summed E-state index contributed by atoms with van der Waals surface area (Å²) in [5.41, 5.74) is 1.23. The Morgan fingerprint density at radius 1 is 1.00 bits per heavy atom. The van der Waals surface area contributed by atoms with E-state index in [2.05, 4.69) is 12.0 Å². The number of allylic oxidation sites excluding steroid dienone is 1. The number of halogens is 2. The number of para-hydroxylation sites is 1. The van der Waals surface area contributed by atoms with Crippen LogP contribution in [0.2, 0.25) is 10.0 Å². The summed E-state index contributed by atoms with van der Waals surface area (Å²) < 4.78 is 1.79. The molecular weight excluding hydrogens is 519 g/mol. The zero-order chi connectivity index (χ0) is 26.6. The Bertz CT molecular complexity index is 1650. The second-order valence-corrected chi connectivity index (χ2v) is 10.2. The Morgan fingerprint density at radius 2 is 1.71 bits per heavy atom. The average molecular weight is 539 g/mol. The molecule has 8 heteroatoms. The van der Waals surface area contributed by atoms with Crippen molar-refractivity contribution in [2.24, 2.45) is 0 Å². The molecular formula is C30H20Cl2N4O2. The second-order valence-electron chi connectivity index (χ2n) is 9.32. The van der Waals surface area contributed by atoms with E-state index in [1.165, 1.54) is 4.90 Å². The number of carbonyl (C=O) groups excluding carboxylic acids is 2. The van der Waals surface area contributed by atoms with Crippen molar-refractivity contribution in [1.82, 2.24) is 4.57 Å². The fourth-order valence-corrected chi connectivity index (χ4v) is 6.51. The number of nitrogens with zero attached hydrogens (tertiary/aromatic N) is 4. The number of aromatic nitrogens is 1. The predicted octanol–water partition coefficient (Wildman–Crippen LogP) is 5.93. The molecule has 3 heterocycles. The normalized spacial score (nSPS) is 20.5. The Balaban J connectivity index is 1.79. The number of fused-ring (bicyclic) bond motifs is 3. The maximum Gasteiger partial charge on any atom is 0.248 e. The number of rotatable bonds is 3. The van der Waals surface area contributed by atoms with Crippen LogP contribution in [-0.4, -0.2) is 22.8 Å². The van der Waals surface area contributed by atoms with Gasteiger partial charge in [-0.15, -0.1) is 6.42 Å². The first-order chi connectivity index (χ1) is 18.4. The van der Waals surface area contributed by atoms with Crippen LogP contribution in [0, 0.1) is 23.7 Å². The van der Waals surface area contributed by atoms with Crippen LogP contribution in [-0.2, 0) is 15.0 Å². The molecule has 1 atom stereocenters. The molecule has 38 heavy (non-hydrogen) atoms. The second kappa shape index (κ2) is 8.96. The zero-order valence-electron chi connectivity index (χ0n) is 20.1. The van der Waals surface area contributed by atoms with E-state index in [9.17, 15) is 14.9 Å². The number of Topliss-reactive ketones (excluding diaryl/α,β-unsaturated/α-hetero) is 1. The smallest absolute Gasteiger partial charge is 0.248 e. The van der Waals surface area contributed by atoms with Gasteiger partial charge in [-0.1, -0.05) is 47.3 Å². The fraction of sp³-hybridized carbons (Fsp3) is 0.167. The van der Waals surface area contributed by atoms with Gasteiger partial charge in [-0.05, 0) is 49.2 Å². The van der Waals surface area contributed by atoms with Gasteiger partial charge in [0.25, 0.3) is 0 Å². The molecule has 3 aliphatic rings. The van der Waals surface area contributed by atoms with E-state index in [-0.39, 0.29) is 24.3 Å². The Hall–Kier alpha value is -4.23. The monoisotopic (exact) mass is 538 g/mol. The summed E-state index contributed by atoms with van der Waals surface area (Å²) in [6.07, 6.45) is 10.7. The van der Waals surface area contributed by atoms with Crippen LogP contribution < -0.4 is 9.80 Å². The van der Waals surface area contributed by atoms with Crippen LogP contribution in [0.4, 0.5) is 11.4 Å². The third-order valence-corrected chi connectivity index (χ3v) is 7.76. The molecule has 1 aliphatic carbocycles. The van der Waals surface area contributed by atoms with Crippen molar-refractivity contribution in [3.63, 3.8) is 0 Å². The number of benzene rings is 2. The van der Waals surface area contributed by atoms with Crippen LogP contribution in [0.15, 0.2) is 83.8 Å². The molecule has 0 saturated heterocycles. The quantitative estimate of drug-likeness (QED) is 0.387. The van der Waals surface area contributed by atoms with Crippen molar-refractivity contribution in [3.05, 3.63) is 99.4 Å². The van der Waals surface area contributed by atoms with Gasteiger partial charge < -0.3 is 4.57 Å². The highest BCUT2D eigenvalue weighted by atomic mass is 35.5. The lowest BCUT2D eigenvalue weighted by atomic mass is 9.63. The molecule has 186 valence electrons. The van der Waals surface area contributed by atoms with Crippen LogP contribution in [0.25, 0.3) is 5.82 Å². The van der Waals surface area contributed by atoms with E-state index in [0.717, 1.165) is 0 Å². The van der Waals surface area contributed by atoms with Gasteiger partial charge in [0, 0.05) is 51.4 Å². The molecule has 1 unspecified atom stereocenters. The predicted molar refractivity (Wildman–Crippen MR) is 147 cm³/mol. The van der Waals surface area contributed by atoms with Crippen LogP contribution >= 0.6 is 23.2 Å². The van der Waals surface area contributed by atoms with E-state index in [4.69, 9.17) is 29.6 Å². The number of terminal acetylenes is 1. The molecule has 0 saturated carbocycles. The molecule has 0 fully saturated rings. The van der Waals surface area contributed by atoms with Crippen LogP contribution in [0.1, 0.15) is 24.8 Å². The third kappa shape index (κ3) is 3.21. The number of hydrogen-bond donors (Lipinski definition) is 0. The Morgan fingerprint density at radius 3 is 2.39 bits per heavy atom. The van der Waals surface area contributed by atoms with E-state index in [1.54, 1.807) is 41.2 Å². The van der Waals surface area contributed by atoms with E-state index < -0.39 is 11.3 Å². The highest BCUT2D eigenvalue weighted by Crippen LogP contribution is 2.58. The summed E-state index contributed by atoms with van der Waals surface area (Å²) in [4.78, 5) is 31.8. The van der Waals surface area contributed by atoms with Crippen molar-refractivity contribution in [2.75, 3.05) is 16.3 Å². The van der Waals surface area contributed by atoms with Gasteiger partial charge in [0.05, 0.1) is 17.8 Å². The molecule has 6 nitrogen and oxygen atoms in total. The largest absolute Gasteiger partial charge is 0.309 e. The minimum absolute atomic E-state index is 0.0135. The summed E-state index contributed by atoms with van der Waals surface area (Å²) in [6, 6.07) is 18.4. The highest BCUT2D eigenvalue weighted by molar-refractivity contribution is 6.35. The first-order valence-corrected chi connectivity index (χ1v) is 12.8. The van der Waals surface area contributed by atoms with E-state index in [1.807, 2.05) is 35.2 Å². The average Bonchev–Trinajstić information content (AvgIpc) is 3.51. The zero-order valence-corrected chi connectivity index (χ0v) is 21.6. The van der Waals surface area contributed by atoms with Gasteiger partial charge in [-0.2, -0.15) is 5.26 Å². The number of nitriles is 1. The van der Waals surface area contributed by atoms with Gasteiger partial charge in [0.1, 0.15) is 17.3 Å². The first kappa shape index (κ1) is 24.1. The minimum atomic E-state index is -1.63. The summed E-state index contributed by atoms with van der Waals surface area (Å²) in [6.45, 7) is 0.0135. The van der Waals surface area contributed by atoms with Crippen molar-refractivity contribution >= 4 is 52.1 Å². The molecule has 1 amide bonds. The van der Waals surface area contributed by atoms with Crippen molar-refractivity contribution in [3.8, 4) is 18.4 Å². The number of amides is 1. The fourth-order valence-electron chi connectivity index (χ4n) is 5.99. The molecule has 2 aliphatic heterocycles. The van der Waals surface area contributed by atoms with E-state index >= 15 is 0 Å². The van der Waals surface area contributed by atoms with Gasteiger partial charge in [-0.3, -0.25) is 19.4 Å². The van der Waals surface area contributed by atoms with Gasteiger partial charge in [-0.25, -0.2) is 0 Å². The Labute approximate surface area is 230 Å². The number of hydrogen-bond acceptors (Lipinski definition) is 4. The van der Waals surface area contributed by atoms with Gasteiger partial charge in [0.15, 0.2) is 5.78 Å². The maximum atomic E-state index is 14.6. The molecule has 0 bridgehead atoms. The molecule has 3 aromatic rings. The topological polar surface area (TPSA) is 69.3 Å². The van der Waals surface area contributed by atoms with Crippen LogP contribution in [0.5, 0.6) is 0 Å². The molecule has 1 spiro atoms. The van der Waals surface area contributed by atoms with Crippen molar-refractivity contribution in [1.29, 1.82) is 5.26 Å². The van der Waals surface area contributed by atoms with Crippen molar-refractivity contribution in [2.45, 2.75) is 24.7 Å². The number of carbonyl (C=O) groups is 2.